The summed E-state index contributed by atoms with van der Waals surface area (Å²) < 4.78 is 18.4. The van der Waals surface area contributed by atoms with Crippen molar-refractivity contribution in [3.8, 4) is 23.1 Å². The van der Waals surface area contributed by atoms with Crippen molar-refractivity contribution in [2.75, 3.05) is 52.8 Å². The van der Waals surface area contributed by atoms with Crippen LogP contribution in [0, 0.1) is 19.3 Å². The smallest absolute Gasteiger partial charge is 0.229 e. The fraction of sp³-hybridized carbons (Fsp3) is 0.500. The van der Waals surface area contributed by atoms with Crippen molar-refractivity contribution in [3.63, 3.8) is 0 Å². The van der Waals surface area contributed by atoms with Crippen LogP contribution < -0.4 is 19.5 Å². The second-order valence-electron chi connectivity index (χ2n) is 11.3. The molecule has 216 valence electrons. The molecule has 1 N–H and O–H groups in total. The molecule has 0 aliphatic carbocycles. The summed E-state index contributed by atoms with van der Waals surface area (Å²) in [6, 6.07) is 3.64. The molecule has 10 heteroatoms. The second-order valence-corrected chi connectivity index (χ2v) is 11.3. The number of aromatic nitrogens is 3. The van der Waals surface area contributed by atoms with Crippen molar-refractivity contribution in [3.05, 3.63) is 47.4 Å². The van der Waals surface area contributed by atoms with Crippen LogP contribution in [0.5, 0.6) is 17.2 Å². The molecule has 40 heavy (non-hydrogen) atoms. The number of hydrogen-bond donors (Lipinski definition) is 1. The van der Waals surface area contributed by atoms with Crippen LogP contribution in [0.15, 0.2) is 30.7 Å². The van der Waals surface area contributed by atoms with Crippen LogP contribution in [0.4, 0.5) is 11.6 Å². The topological polar surface area (TPSA) is 94.0 Å². The van der Waals surface area contributed by atoms with E-state index in [4.69, 9.17) is 19.2 Å². The highest BCUT2D eigenvalue weighted by Crippen LogP contribution is 2.40. The van der Waals surface area contributed by atoms with Gasteiger partial charge in [-0.15, -0.1) is 0 Å². The van der Waals surface area contributed by atoms with Crippen LogP contribution in [0.3, 0.4) is 0 Å². The highest BCUT2D eigenvalue weighted by Gasteiger charge is 2.28. The first-order chi connectivity index (χ1) is 19.0. The van der Waals surface area contributed by atoms with Gasteiger partial charge in [0.1, 0.15) is 5.82 Å². The van der Waals surface area contributed by atoms with Crippen molar-refractivity contribution >= 4 is 17.5 Å². The van der Waals surface area contributed by atoms with Gasteiger partial charge in [-0.05, 0) is 31.4 Å². The molecule has 0 saturated carbocycles. The molecule has 2 aromatic heterocycles. The van der Waals surface area contributed by atoms with Crippen LogP contribution in [-0.2, 0) is 11.3 Å². The zero-order valence-electron chi connectivity index (χ0n) is 25.0. The molecule has 10 nitrogen and oxygen atoms in total. The number of anilines is 2. The molecule has 0 bridgehead atoms. The largest absolute Gasteiger partial charge is 0.493 e. The maximum Gasteiger partial charge on any atom is 0.229 e. The number of hydrogen-bond acceptors (Lipinski definition) is 8. The van der Waals surface area contributed by atoms with Crippen molar-refractivity contribution in [1.82, 2.24) is 24.3 Å². The lowest BCUT2D eigenvalue weighted by Crippen LogP contribution is -2.41. The van der Waals surface area contributed by atoms with Crippen molar-refractivity contribution < 1.29 is 19.0 Å². The molecule has 1 saturated heterocycles. The lowest BCUT2D eigenvalue weighted by molar-refractivity contribution is -0.139. The lowest BCUT2D eigenvalue weighted by Gasteiger charge is -2.28. The minimum atomic E-state index is -0.350. The molecular weight excluding hydrogens is 508 g/mol. The zero-order chi connectivity index (χ0) is 29.0. The third kappa shape index (κ3) is 6.50. The Labute approximate surface area is 237 Å². The summed E-state index contributed by atoms with van der Waals surface area (Å²) in [5.74, 6) is 3.10. The molecule has 1 aromatic carbocycles. The van der Waals surface area contributed by atoms with Crippen molar-refractivity contribution in [2.45, 2.75) is 47.6 Å². The van der Waals surface area contributed by atoms with Gasteiger partial charge in [-0.1, -0.05) is 20.8 Å². The Morgan fingerprint density at radius 3 is 2.27 bits per heavy atom. The number of nitrogens with one attached hydrogen (secondary N) is 1. The van der Waals surface area contributed by atoms with Gasteiger partial charge >= 0.3 is 0 Å². The van der Waals surface area contributed by atoms with Gasteiger partial charge in [-0.3, -0.25) is 9.69 Å². The van der Waals surface area contributed by atoms with E-state index in [-0.39, 0.29) is 11.3 Å². The monoisotopic (exact) mass is 550 g/mol. The van der Waals surface area contributed by atoms with Gasteiger partial charge in [-0.25, -0.2) is 4.98 Å². The maximum absolute atomic E-state index is 12.8. The average Bonchev–Trinajstić information content (AvgIpc) is 3.12. The van der Waals surface area contributed by atoms with Crippen molar-refractivity contribution in [2.24, 2.45) is 5.41 Å². The molecule has 1 aliphatic rings. The fourth-order valence-corrected chi connectivity index (χ4v) is 4.97. The Bertz CT molecular complexity index is 1320. The molecule has 0 radical (unpaired) electrons. The van der Waals surface area contributed by atoms with Crippen LogP contribution >= 0.6 is 0 Å². The summed E-state index contributed by atoms with van der Waals surface area (Å²) in [5.41, 5.74) is 3.77. The van der Waals surface area contributed by atoms with E-state index in [9.17, 15) is 4.79 Å². The van der Waals surface area contributed by atoms with Crippen LogP contribution in [0.1, 0.15) is 43.9 Å². The molecule has 1 amide bonds. The number of benzene rings is 1. The number of nitrogens with zero attached hydrogens (tertiary/aromatic N) is 5. The normalized spacial score (nSPS) is 14.6. The number of amides is 1. The Kier molecular flexibility index (Phi) is 8.88. The van der Waals surface area contributed by atoms with E-state index in [1.54, 1.807) is 21.3 Å². The van der Waals surface area contributed by atoms with E-state index in [1.807, 2.05) is 50.9 Å². The Balaban J connectivity index is 1.51. The summed E-state index contributed by atoms with van der Waals surface area (Å²) >= 11 is 0. The quantitative estimate of drug-likeness (QED) is 0.430. The van der Waals surface area contributed by atoms with Crippen LogP contribution in [0.25, 0.3) is 5.82 Å². The third-order valence-corrected chi connectivity index (χ3v) is 7.16. The van der Waals surface area contributed by atoms with Gasteiger partial charge in [0.2, 0.25) is 17.6 Å². The number of methoxy groups -OCH3 is 3. The molecule has 3 heterocycles. The first-order valence-electron chi connectivity index (χ1n) is 13.6. The Morgan fingerprint density at radius 1 is 0.950 bits per heavy atom. The maximum atomic E-state index is 12.8. The Hall–Kier alpha value is -3.79. The molecular formula is C30H42N6O4. The van der Waals surface area contributed by atoms with E-state index in [0.29, 0.717) is 28.9 Å². The average molecular weight is 551 g/mol. The first-order valence-corrected chi connectivity index (χ1v) is 13.6. The zero-order valence-corrected chi connectivity index (χ0v) is 25.0. The predicted molar refractivity (Wildman–Crippen MR) is 156 cm³/mol. The summed E-state index contributed by atoms with van der Waals surface area (Å²) in [6.45, 7) is 14.3. The van der Waals surface area contributed by atoms with E-state index in [1.165, 1.54) is 11.1 Å². The number of carbonyl (C=O) groups excluding carboxylic acids is 1. The van der Waals surface area contributed by atoms with Crippen LogP contribution in [0.2, 0.25) is 0 Å². The van der Waals surface area contributed by atoms with E-state index in [0.717, 1.165) is 50.5 Å². The summed E-state index contributed by atoms with van der Waals surface area (Å²) in [4.78, 5) is 26.6. The summed E-state index contributed by atoms with van der Waals surface area (Å²) in [6.07, 6.45) is 7.05. The highest BCUT2D eigenvalue weighted by molar-refractivity contribution is 5.81. The van der Waals surface area contributed by atoms with E-state index < -0.39 is 0 Å². The molecule has 0 atom stereocenters. The fourth-order valence-electron chi connectivity index (χ4n) is 4.97. The molecule has 0 unspecified atom stereocenters. The van der Waals surface area contributed by atoms with Gasteiger partial charge in [0.15, 0.2) is 11.5 Å². The van der Waals surface area contributed by atoms with Crippen LogP contribution in [-0.4, -0.2) is 77.8 Å². The van der Waals surface area contributed by atoms with E-state index in [2.05, 4.69) is 39.1 Å². The van der Waals surface area contributed by atoms with Gasteiger partial charge in [0.05, 0.1) is 21.3 Å². The van der Waals surface area contributed by atoms with Gasteiger partial charge in [-0.2, -0.15) is 4.98 Å². The number of rotatable bonds is 8. The second kappa shape index (κ2) is 12.2. The molecule has 3 aromatic rings. The highest BCUT2D eigenvalue weighted by atomic mass is 16.5. The van der Waals surface area contributed by atoms with Crippen molar-refractivity contribution in [1.29, 1.82) is 0 Å². The predicted octanol–water partition coefficient (Wildman–Crippen LogP) is 4.73. The van der Waals surface area contributed by atoms with E-state index >= 15 is 0 Å². The molecule has 4 rings (SSSR count). The first kappa shape index (κ1) is 29.2. The Morgan fingerprint density at radius 2 is 1.65 bits per heavy atom. The minimum Gasteiger partial charge on any atom is -0.493 e. The van der Waals surface area contributed by atoms with Gasteiger partial charge in [0.25, 0.3) is 0 Å². The third-order valence-electron chi connectivity index (χ3n) is 7.16. The SMILES string of the molecule is COc1cc(Nc2ncc(C)c(-n3cc(C)c(CN4CCCN(C(=O)C(C)(C)C)CC4)c3)n2)cc(OC)c1OC. The molecule has 0 spiro atoms. The van der Waals surface area contributed by atoms with Gasteiger partial charge < -0.3 is 29.0 Å². The van der Waals surface area contributed by atoms with Gasteiger partial charge in [0, 0.05) is 80.1 Å². The number of aryl methyl sites for hydroxylation is 2. The number of carbonyl (C=O) groups is 1. The number of ether oxygens (including phenoxy) is 3. The molecule has 1 aliphatic heterocycles. The lowest BCUT2D eigenvalue weighted by atomic mass is 9.94. The summed E-state index contributed by atoms with van der Waals surface area (Å²) in [7, 11) is 4.74. The standard InChI is InChI=1S/C30H42N6O4/c1-20-16-31-29(32-23-14-24(38-6)26(40-8)25(15-23)39-7)33-27(20)36-17-21(2)22(19-36)18-34-10-9-11-35(13-12-34)28(37)30(3,4)5/h14-17,19H,9-13,18H2,1-8H3,(H,31,32,33). The minimum absolute atomic E-state index is 0.229. The molecule has 1 fully saturated rings. The summed E-state index contributed by atoms with van der Waals surface area (Å²) in [5, 5.41) is 3.27.